The van der Waals surface area contributed by atoms with E-state index >= 15 is 0 Å². The topological polar surface area (TPSA) is 63.1 Å². The molecule has 4 rings (SSSR count). The van der Waals surface area contributed by atoms with E-state index in [-0.39, 0.29) is 18.4 Å². The molecule has 2 atom stereocenters. The van der Waals surface area contributed by atoms with E-state index in [1.54, 1.807) is 9.80 Å². The number of quaternary nitrogens is 1. The number of rotatable bonds is 7. The molecule has 2 aliphatic rings. The summed E-state index contributed by atoms with van der Waals surface area (Å²) in [5.41, 5.74) is 2.32. The zero-order valence-electron chi connectivity index (χ0n) is 18.2. The summed E-state index contributed by atoms with van der Waals surface area (Å²) >= 11 is 0. The standard InChI is InChI=1S/C25H31N3O3/c1-19-8-4-5-14-27(19)15-7-13-26-25(30)21-10-6-9-20(16-21)17-28-22-11-2-3-12-23(22)31-18-24(28)29/h2-3,6,9-12,16,19H,4-5,7-8,13-15,17-18H2,1H3,(H,26,30)/p+1/t19-/m0/s1. The van der Waals surface area contributed by atoms with Gasteiger partial charge in [-0.1, -0.05) is 24.3 Å². The van der Waals surface area contributed by atoms with Gasteiger partial charge in [0.05, 0.1) is 31.4 Å². The third kappa shape index (κ3) is 5.25. The molecule has 2 N–H and O–H groups in total. The van der Waals surface area contributed by atoms with Gasteiger partial charge in [0, 0.05) is 18.5 Å². The van der Waals surface area contributed by atoms with E-state index in [2.05, 4.69) is 12.2 Å². The Bertz CT molecular complexity index is 930. The third-order valence-corrected chi connectivity index (χ3v) is 6.38. The zero-order chi connectivity index (χ0) is 21.6. The minimum atomic E-state index is -0.0806. The summed E-state index contributed by atoms with van der Waals surface area (Å²) in [6, 6.07) is 15.8. The molecule has 6 nitrogen and oxygen atoms in total. The van der Waals surface area contributed by atoms with Crippen molar-refractivity contribution in [2.45, 2.75) is 45.2 Å². The molecule has 31 heavy (non-hydrogen) atoms. The highest BCUT2D eigenvalue weighted by Crippen LogP contribution is 2.32. The summed E-state index contributed by atoms with van der Waals surface area (Å²) in [7, 11) is 0. The molecule has 2 aromatic carbocycles. The van der Waals surface area contributed by atoms with Gasteiger partial charge in [0.2, 0.25) is 0 Å². The SMILES string of the molecule is C[C@H]1CCCC[NH+]1CCCNC(=O)c1cccc(CN2C(=O)COc3ccccc32)c1. The van der Waals surface area contributed by atoms with E-state index in [0.717, 1.165) is 30.3 Å². The van der Waals surface area contributed by atoms with Crippen molar-refractivity contribution in [3.8, 4) is 5.75 Å². The number of carbonyl (C=O) groups excluding carboxylic acids is 2. The Hall–Kier alpha value is -2.86. The van der Waals surface area contributed by atoms with Crippen LogP contribution in [-0.2, 0) is 11.3 Å². The van der Waals surface area contributed by atoms with Crippen LogP contribution in [0.3, 0.4) is 0 Å². The maximum absolute atomic E-state index is 12.6. The van der Waals surface area contributed by atoms with E-state index in [0.29, 0.717) is 24.4 Å². The van der Waals surface area contributed by atoms with Gasteiger partial charge < -0.3 is 19.9 Å². The second-order valence-electron chi connectivity index (χ2n) is 8.60. The van der Waals surface area contributed by atoms with E-state index in [1.807, 2.05) is 48.5 Å². The number of anilines is 1. The Morgan fingerprint density at radius 1 is 1.19 bits per heavy atom. The van der Waals surface area contributed by atoms with Gasteiger partial charge in [-0.15, -0.1) is 0 Å². The van der Waals surface area contributed by atoms with Gasteiger partial charge in [-0.25, -0.2) is 0 Å². The highest BCUT2D eigenvalue weighted by atomic mass is 16.5. The van der Waals surface area contributed by atoms with Crippen LogP contribution in [-0.4, -0.2) is 44.1 Å². The van der Waals surface area contributed by atoms with Crippen molar-refractivity contribution >= 4 is 17.5 Å². The van der Waals surface area contributed by atoms with Gasteiger partial charge in [-0.2, -0.15) is 0 Å². The molecule has 1 unspecified atom stereocenters. The zero-order valence-corrected chi connectivity index (χ0v) is 18.2. The average Bonchev–Trinajstić information content (AvgIpc) is 2.80. The Morgan fingerprint density at radius 2 is 2.06 bits per heavy atom. The van der Waals surface area contributed by atoms with Crippen LogP contribution < -0.4 is 19.9 Å². The summed E-state index contributed by atoms with van der Waals surface area (Å²) < 4.78 is 5.51. The lowest BCUT2D eigenvalue weighted by molar-refractivity contribution is -0.928. The molecule has 1 saturated heterocycles. The molecule has 6 heteroatoms. The molecule has 2 aromatic rings. The lowest BCUT2D eigenvalue weighted by Gasteiger charge is -2.30. The molecule has 0 radical (unpaired) electrons. The highest BCUT2D eigenvalue weighted by Gasteiger charge is 2.25. The molecule has 164 valence electrons. The Labute approximate surface area is 184 Å². The molecule has 0 saturated carbocycles. The number of benzene rings is 2. The first-order valence-corrected chi connectivity index (χ1v) is 11.4. The Morgan fingerprint density at radius 3 is 2.94 bits per heavy atom. The number of nitrogens with zero attached hydrogens (tertiary/aromatic N) is 1. The number of nitrogens with one attached hydrogen (secondary N) is 2. The second-order valence-corrected chi connectivity index (χ2v) is 8.60. The number of hydrogen-bond donors (Lipinski definition) is 2. The van der Waals surface area contributed by atoms with Crippen LogP contribution in [0.5, 0.6) is 5.75 Å². The lowest BCUT2D eigenvalue weighted by Crippen LogP contribution is -3.16. The molecule has 1 fully saturated rings. The monoisotopic (exact) mass is 422 g/mol. The number of amides is 2. The van der Waals surface area contributed by atoms with Gasteiger partial charge in [-0.05, 0) is 56.0 Å². The van der Waals surface area contributed by atoms with Crippen molar-refractivity contribution in [3.63, 3.8) is 0 Å². The summed E-state index contributed by atoms with van der Waals surface area (Å²) in [6.45, 7) is 5.83. The number of piperidine rings is 1. The van der Waals surface area contributed by atoms with E-state index in [9.17, 15) is 9.59 Å². The minimum Gasteiger partial charge on any atom is -0.482 e. The fourth-order valence-electron chi connectivity index (χ4n) is 4.56. The van der Waals surface area contributed by atoms with Crippen LogP contribution in [0.2, 0.25) is 0 Å². The van der Waals surface area contributed by atoms with Gasteiger partial charge in [0.25, 0.3) is 11.8 Å². The third-order valence-electron chi connectivity index (χ3n) is 6.38. The molecule has 0 bridgehead atoms. The molecule has 2 aliphatic heterocycles. The van der Waals surface area contributed by atoms with Crippen molar-refractivity contribution in [1.29, 1.82) is 0 Å². The summed E-state index contributed by atoms with van der Waals surface area (Å²) in [5, 5.41) is 3.06. The van der Waals surface area contributed by atoms with E-state index in [4.69, 9.17) is 4.74 Å². The fraction of sp³-hybridized carbons (Fsp3) is 0.440. The first kappa shape index (κ1) is 21.4. The van der Waals surface area contributed by atoms with Crippen LogP contribution in [0.25, 0.3) is 0 Å². The van der Waals surface area contributed by atoms with Crippen LogP contribution in [0.15, 0.2) is 48.5 Å². The summed E-state index contributed by atoms with van der Waals surface area (Å²) in [4.78, 5) is 28.5. The molecule has 0 spiro atoms. The average molecular weight is 423 g/mol. The van der Waals surface area contributed by atoms with Gasteiger partial charge in [0.15, 0.2) is 6.61 Å². The summed E-state index contributed by atoms with van der Waals surface area (Å²) in [5.74, 6) is 0.571. The van der Waals surface area contributed by atoms with Crippen molar-refractivity contribution < 1.29 is 19.2 Å². The fourth-order valence-corrected chi connectivity index (χ4v) is 4.56. The highest BCUT2D eigenvalue weighted by molar-refractivity contribution is 5.98. The predicted octanol–water partition coefficient (Wildman–Crippen LogP) is 2.19. The van der Waals surface area contributed by atoms with Crippen molar-refractivity contribution in [1.82, 2.24) is 5.32 Å². The first-order valence-electron chi connectivity index (χ1n) is 11.4. The molecule has 0 aliphatic carbocycles. The van der Waals surface area contributed by atoms with E-state index < -0.39 is 0 Å². The first-order chi connectivity index (χ1) is 15.1. The van der Waals surface area contributed by atoms with Crippen LogP contribution in [0.4, 0.5) is 5.69 Å². The maximum Gasteiger partial charge on any atom is 0.265 e. The summed E-state index contributed by atoms with van der Waals surface area (Å²) in [6.07, 6.45) is 4.96. The van der Waals surface area contributed by atoms with E-state index in [1.165, 1.54) is 25.8 Å². The maximum atomic E-state index is 12.6. The normalized spacial score (nSPS) is 20.7. The smallest absolute Gasteiger partial charge is 0.265 e. The number of carbonyl (C=O) groups is 2. The van der Waals surface area contributed by atoms with Crippen LogP contribution in [0.1, 0.15) is 48.5 Å². The van der Waals surface area contributed by atoms with Crippen LogP contribution >= 0.6 is 0 Å². The molecule has 0 aromatic heterocycles. The van der Waals surface area contributed by atoms with Crippen LogP contribution in [0, 0.1) is 0 Å². The number of likely N-dealkylation sites (tertiary alicyclic amines) is 1. The minimum absolute atomic E-state index is 0.0365. The predicted molar refractivity (Wildman–Crippen MR) is 121 cm³/mol. The molecule has 2 heterocycles. The van der Waals surface area contributed by atoms with Gasteiger partial charge in [0.1, 0.15) is 5.75 Å². The quantitative estimate of drug-likeness (QED) is 0.673. The number of hydrogen-bond acceptors (Lipinski definition) is 3. The van der Waals surface area contributed by atoms with Crippen molar-refractivity contribution in [2.24, 2.45) is 0 Å². The molecular formula is C25H32N3O3+. The van der Waals surface area contributed by atoms with Crippen molar-refractivity contribution in [2.75, 3.05) is 31.1 Å². The largest absolute Gasteiger partial charge is 0.482 e. The van der Waals surface area contributed by atoms with Gasteiger partial charge >= 0.3 is 0 Å². The molecular weight excluding hydrogens is 390 g/mol. The number of para-hydroxylation sites is 2. The lowest BCUT2D eigenvalue weighted by atomic mass is 10.0. The Kier molecular flexibility index (Phi) is 6.87. The number of fused-ring (bicyclic) bond motifs is 1. The Balaban J connectivity index is 1.33. The van der Waals surface area contributed by atoms with Crippen molar-refractivity contribution in [3.05, 3.63) is 59.7 Å². The van der Waals surface area contributed by atoms with Gasteiger partial charge in [-0.3, -0.25) is 9.59 Å². The number of ether oxygens (including phenoxy) is 1. The molecule has 2 amide bonds. The second kappa shape index (κ2) is 9.96.